The summed E-state index contributed by atoms with van der Waals surface area (Å²) in [5.74, 6) is -0.639. The van der Waals surface area contributed by atoms with E-state index in [4.69, 9.17) is 17.0 Å². The summed E-state index contributed by atoms with van der Waals surface area (Å²) in [6.45, 7) is 3.59. The number of rotatable bonds is 4. The Morgan fingerprint density at radius 2 is 1.60 bits per heavy atom. The van der Waals surface area contributed by atoms with Crippen molar-refractivity contribution >= 4 is 45.3 Å². The summed E-state index contributed by atoms with van der Waals surface area (Å²) < 4.78 is 82.7. The largest absolute Gasteiger partial charge is 0.465 e. The number of alkyl halides is 6. The average molecular weight is 470 g/mol. The fourth-order valence-electron chi connectivity index (χ4n) is 2.70. The Hall–Kier alpha value is -2.34. The molecule has 0 spiro atoms. The Bertz CT molecular complexity index is 935. The maximum absolute atomic E-state index is 13.0. The van der Waals surface area contributed by atoms with Crippen LogP contribution >= 0.6 is 23.6 Å². The van der Waals surface area contributed by atoms with E-state index in [1.54, 1.807) is 6.92 Å². The number of esters is 1. The molecule has 0 unspecified atom stereocenters. The molecule has 4 nitrogen and oxygen atoms in total. The van der Waals surface area contributed by atoms with Crippen LogP contribution in [0.2, 0.25) is 0 Å². The number of nitrogens with one attached hydrogen (secondary N) is 2. The molecule has 2 rings (SSSR count). The van der Waals surface area contributed by atoms with Crippen molar-refractivity contribution in [2.75, 3.05) is 17.7 Å². The lowest BCUT2D eigenvalue weighted by atomic mass is 10.1. The highest BCUT2D eigenvalue weighted by Crippen LogP contribution is 2.38. The van der Waals surface area contributed by atoms with E-state index in [2.05, 4.69) is 10.6 Å². The highest BCUT2D eigenvalue weighted by atomic mass is 32.1. The Labute approximate surface area is 177 Å². The van der Waals surface area contributed by atoms with Crippen LogP contribution in [0.15, 0.2) is 18.2 Å². The van der Waals surface area contributed by atoms with Crippen LogP contribution in [0.1, 0.15) is 38.8 Å². The van der Waals surface area contributed by atoms with E-state index in [0.29, 0.717) is 24.1 Å². The van der Waals surface area contributed by atoms with Crippen LogP contribution < -0.4 is 10.6 Å². The summed E-state index contributed by atoms with van der Waals surface area (Å²) in [5.41, 5.74) is -2.53. The predicted octanol–water partition coefficient (Wildman–Crippen LogP) is 6.25. The van der Waals surface area contributed by atoms with Crippen molar-refractivity contribution in [2.45, 2.75) is 32.6 Å². The predicted molar refractivity (Wildman–Crippen MR) is 106 cm³/mol. The number of thiocarbonyl (C=S) groups is 1. The summed E-state index contributed by atoms with van der Waals surface area (Å²) >= 11 is 6.20. The summed E-state index contributed by atoms with van der Waals surface area (Å²) in [6, 6.07) is 1.05. The van der Waals surface area contributed by atoms with Gasteiger partial charge >= 0.3 is 18.3 Å². The Kier molecular flexibility index (Phi) is 7.02. The van der Waals surface area contributed by atoms with Crippen molar-refractivity contribution in [1.82, 2.24) is 0 Å². The molecule has 0 radical (unpaired) electrons. The van der Waals surface area contributed by atoms with Crippen molar-refractivity contribution in [3.8, 4) is 0 Å². The molecule has 2 N–H and O–H groups in total. The van der Waals surface area contributed by atoms with Crippen LogP contribution in [0.3, 0.4) is 0 Å². The second kappa shape index (κ2) is 8.80. The Balaban J connectivity index is 2.37. The number of thiophene rings is 1. The lowest BCUT2D eigenvalue weighted by Gasteiger charge is -2.16. The molecule has 0 aliphatic rings. The van der Waals surface area contributed by atoms with Crippen molar-refractivity contribution in [1.29, 1.82) is 0 Å². The van der Waals surface area contributed by atoms with Gasteiger partial charge in [0.25, 0.3) is 0 Å². The highest BCUT2D eigenvalue weighted by Gasteiger charge is 2.37. The lowest BCUT2D eigenvalue weighted by Crippen LogP contribution is -2.21. The van der Waals surface area contributed by atoms with E-state index in [9.17, 15) is 31.1 Å². The van der Waals surface area contributed by atoms with E-state index in [1.807, 2.05) is 6.92 Å². The molecule has 12 heteroatoms. The maximum atomic E-state index is 13.0. The molecule has 0 amide bonds. The van der Waals surface area contributed by atoms with Gasteiger partial charge in [0.15, 0.2) is 5.11 Å². The van der Waals surface area contributed by atoms with Crippen LogP contribution in [0.5, 0.6) is 0 Å². The summed E-state index contributed by atoms with van der Waals surface area (Å²) in [6.07, 6.45) is -9.45. The number of carbonyl (C=O) groups excluding carboxylic acids is 1. The van der Waals surface area contributed by atoms with E-state index in [-0.39, 0.29) is 21.7 Å². The second-order valence-corrected chi connectivity index (χ2v) is 7.69. The van der Waals surface area contributed by atoms with Gasteiger partial charge in [-0.15, -0.1) is 11.3 Å². The Morgan fingerprint density at radius 1 is 1.07 bits per heavy atom. The fraction of sp³-hybridized carbons (Fsp3) is 0.333. The van der Waals surface area contributed by atoms with Crippen molar-refractivity contribution in [3.63, 3.8) is 0 Å². The molecule has 1 aromatic carbocycles. The van der Waals surface area contributed by atoms with Gasteiger partial charge < -0.3 is 15.4 Å². The molecule has 0 aliphatic carbocycles. The monoisotopic (exact) mass is 470 g/mol. The first-order chi connectivity index (χ1) is 13.8. The number of anilines is 2. The minimum absolute atomic E-state index is 0.0210. The number of hydrogen-bond acceptors (Lipinski definition) is 4. The highest BCUT2D eigenvalue weighted by molar-refractivity contribution is 7.80. The fourth-order valence-corrected chi connectivity index (χ4v) is 4.13. The number of aryl methyl sites for hydroxylation is 1. The first-order valence-electron chi connectivity index (χ1n) is 8.36. The minimum atomic E-state index is -4.98. The second-order valence-electron chi connectivity index (χ2n) is 6.06. The summed E-state index contributed by atoms with van der Waals surface area (Å²) in [7, 11) is 1.19. The molecule has 0 saturated carbocycles. The maximum Gasteiger partial charge on any atom is 0.416 e. The molecule has 30 heavy (non-hydrogen) atoms. The molecule has 1 heterocycles. The molecule has 1 aromatic heterocycles. The van der Waals surface area contributed by atoms with E-state index >= 15 is 0 Å². The SMILES string of the molecule is CCc1c(C)sc(NC(=S)Nc2cc(C(F)(F)F)cc(C(F)(F)F)c2)c1C(=O)OC. The number of methoxy groups -OCH3 is 1. The van der Waals surface area contributed by atoms with Crippen molar-refractivity contribution in [3.05, 3.63) is 45.3 Å². The average Bonchev–Trinajstić information content (AvgIpc) is 2.93. The zero-order valence-corrected chi connectivity index (χ0v) is 17.5. The Morgan fingerprint density at radius 3 is 2.03 bits per heavy atom. The normalized spacial score (nSPS) is 11.9. The number of ether oxygens (including phenoxy) is 1. The van der Waals surface area contributed by atoms with Gasteiger partial charge in [-0.05, 0) is 49.3 Å². The van der Waals surface area contributed by atoms with Crippen LogP contribution in [0.4, 0.5) is 37.0 Å². The summed E-state index contributed by atoms with van der Waals surface area (Å²) in [5, 5.41) is 4.98. The molecule has 0 atom stereocenters. The van der Waals surface area contributed by atoms with E-state index in [0.717, 1.165) is 16.2 Å². The lowest BCUT2D eigenvalue weighted by molar-refractivity contribution is -0.143. The van der Waals surface area contributed by atoms with E-state index < -0.39 is 35.1 Å². The summed E-state index contributed by atoms with van der Waals surface area (Å²) in [4.78, 5) is 12.9. The van der Waals surface area contributed by atoms with Crippen molar-refractivity contribution in [2.24, 2.45) is 0 Å². The third-order valence-electron chi connectivity index (χ3n) is 4.02. The van der Waals surface area contributed by atoms with E-state index in [1.165, 1.54) is 7.11 Å². The van der Waals surface area contributed by atoms with Gasteiger partial charge in [0.1, 0.15) is 5.00 Å². The number of benzene rings is 1. The number of hydrogen-bond donors (Lipinski definition) is 2. The standard InChI is InChI=1S/C18H16F6N2O2S2/c1-4-12-8(2)30-14(13(12)15(27)28-3)26-16(29)25-11-6-9(17(19,20)21)5-10(7-11)18(22,23)24/h5-7H,4H2,1-3H3,(H2,25,26,29). The van der Waals surface area contributed by atoms with Gasteiger partial charge in [0.2, 0.25) is 0 Å². The van der Waals surface area contributed by atoms with Crippen molar-refractivity contribution < 1.29 is 35.9 Å². The van der Waals surface area contributed by atoms with Gasteiger partial charge in [0.05, 0.1) is 23.8 Å². The molecule has 0 saturated heterocycles. The first-order valence-corrected chi connectivity index (χ1v) is 9.58. The first kappa shape index (κ1) is 23.9. The molecule has 0 bridgehead atoms. The van der Waals surface area contributed by atoms with Gasteiger partial charge in [-0.1, -0.05) is 6.92 Å². The zero-order valence-electron chi connectivity index (χ0n) is 15.8. The topological polar surface area (TPSA) is 50.4 Å². The number of halogens is 6. The molecule has 0 aliphatic heterocycles. The van der Waals surface area contributed by atoms with Crippen LogP contribution in [0, 0.1) is 6.92 Å². The molecular formula is C18H16F6N2O2S2. The van der Waals surface area contributed by atoms with Gasteiger partial charge in [-0.2, -0.15) is 26.3 Å². The van der Waals surface area contributed by atoms with Crippen LogP contribution in [0.25, 0.3) is 0 Å². The third kappa shape index (κ3) is 5.42. The van der Waals surface area contributed by atoms with Crippen LogP contribution in [-0.2, 0) is 23.5 Å². The van der Waals surface area contributed by atoms with Gasteiger partial charge in [-0.25, -0.2) is 4.79 Å². The van der Waals surface area contributed by atoms with Gasteiger partial charge in [-0.3, -0.25) is 0 Å². The third-order valence-corrected chi connectivity index (χ3v) is 5.29. The smallest absolute Gasteiger partial charge is 0.416 e. The molecular weight excluding hydrogens is 454 g/mol. The van der Waals surface area contributed by atoms with Gasteiger partial charge in [0, 0.05) is 10.6 Å². The molecule has 2 aromatic rings. The molecule has 164 valence electrons. The number of carbonyl (C=O) groups is 1. The zero-order chi connectivity index (χ0) is 22.9. The van der Waals surface area contributed by atoms with Crippen LogP contribution in [-0.4, -0.2) is 18.2 Å². The minimum Gasteiger partial charge on any atom is -0.465 e. The quantitative estimate of drug-likeness (QED) is 0.314. The molecule has 0 fully saturated rings.